The third kappa shape index (κ3) is 14.7. The van der Waals surface area contributed by atoms with Crippen molar-refractivity contribution in [3.05, 3.63) is 11.6 Å². The average Bonchev–Trinajstić information content (AvgIpc) is 1.65. The van der Waals surface area contributed by atoms with E-state index in [1.165, 1.54) is 20.8 Å². The van der Waals surface area contributed by atoms with Crippen LogP contribution in [-0.4, -0.2) is 348 Å². The van der Waals surface area contributed by atoms with Crippen LogP contribution in [0.25, 0.3) is 0 Å². The highest BCUT2D eigenvalue weighted by Gasteiger charge is 2.71. The topological polar surface area (TPSA) is 536 Å². The summed E-state index contributed by atoms with van der Waals surface area (Å²) >= 11 is 0. The fraction of sp³-hybridized carbons (Fsp3) is 0.970. The van der Waals surface area contributed by atoms with Gasteiger partial charge in [0.05, 0.1) is 63.1 Å². The second-order valence-corrected chi connectivity index (χ2v) is 31.5. The lowest BCUT2D eigenvalue weighted by Gasteiger charge is -2.67. The van der Waals surface area contributed by atoms with Crippen LogP contribution in [0, 0.1) is 45.3 Å². The molecule has 0 amide bonds. The molecule has 6 saturated heterocycles. The van der Waals surface area contributed by atoms with Gasteiger partial charge < -0.3 is 164 Å². The molecule has 0 bridgehead atoms. The Bertz CT molecular complexity index is 2660. The van der Waals surface area contributed by atoms with E-state index >= 15 is 0 Å². The van der Waals surface area contributed by atoms with Crippen LogP contribution in [0.4, 0.5) is 0 Å². The maximum atomic E-state index is 13.0. The summed E-state index contributed by atoms with van der Waals surface area (Å²) in [6.07, 6.45) is -47.0. The summed E-state index contributed by atoms with van der Waals surface area (Å²) in [7, 11) is 0. The van der Waals surface area contributed by atoms with E-state index in [1.54, 1.807) is 0 Å². The monoisotopic (exact) mass is 1430 g/mol. The van der Waals surface area contributed by atoms with Crippen LogP contribution in [-0.2, 0) is 56.8 Å². The second kappa shape index (κ2) is 30.9. The molecular weight excluding hydrogens is 1320 g/mol. The Hall–Kier alpha value is -1.58. The molecule has 574 valence electrons. The molecule has 3 saturated carbocycles. The molecule has 0 aromatic carbocycles. The number of fused-ring (bicyclic) bond motifs is 5. The molecule has 0 radical (unpaired) electrons. The minimum absolute atomic E-state index is 0.0244. The Morgan fingerprint density at radius 3 is 1.44 bits per heavy atom. The molecule has 3 unspecified atom stereocenters. The van der Waals surface area contributed by atoms with Crippen LogP contribution in [0.3, 0.4) is 0 Å². The SMILES string of the molecule is C[C@H](CC[C@@H](O[C@@H]1O[C@H](CO[C@@H]2O[C@H](CO)[C@@H](O)[C@H](O)[C@H]2O)[C@@H](O)[C@H](O)[C@H]1O[C@H]1O[C@@H](CO)[C@H](O)[C@@H](O)[C@@H]1O)C(C)(C)O)C1CC[C@@]2(C)C3CC=C4C(CC[C@H](O[C@@H]5O[C@H](CO)[C@@H](O)[C@H](O)[C@H]5O[C@H]5O[C@@H](CO[C@@H]6O[C@H](C)[C@@H](O)[C@H](O)[C@H]6O)[C@H](O)[C@@H](O)[C@@H]5O)C4(C)C)[C@]3(C)[C@H](O)C[C@]12C. The Kier molecular flexibility index (Phi) is 25.0. The number of ether oxygens (including phenoxy) is 12. The fourth-order valence-electron chi connectivity index (χ4n) is 18.4. The highest BCUT2D eigenvalue weighted by molar-refractivity contribution is 5.32. The van der Waals surface area contributed by atoms with Crippen molar-refractivity contribution in [2.75, 3.05) is 33.0 Å². The number of aliphatic hydroxyl groups is 21. The predicted molar refractivity (Wildman–Crippen MR) is 331 cm³/mol. The fourth-order valence-corrected chi connectivity index (χ4v) is 18.4. The molecule has 9 fully saturated rings. The molecule has 0 aromatic rings. The van der Waals surface area contributed by atoms with E-state index in [9.17, 15) is 107 Å². The predicted octanol–water partition coefficient (Wildman–Crippen LogP) is -6.56. The highest BCUT2D eigenvalue weighted by Crippen LogP contribution is 2.75. The van der Waals surface area contributed by atoms with Gasteiger partial charge in [-0.25, -0.2) is 0 Å². The van der Waals surface area contributed by atoms with Gasteiger partial charge in [-0.15, -0.1) is 0 Å². The van der Waals surface area contributed by atoms with Gasteiger partial charge in [-0.05, 0) is 107 Å². The lowest BCUT2D eigenvalue weighted by molar-refractivity contribution is -0.380. The summed E-state index contributed by atoms with van der Waals surface area (Å²) in [6.45, 7) is 13.7. The van der Waals surface area contributed by atoms with E-state index in [0.29, 0.717) is 32.1 Å². The van der Waals surface area contributed by atoms with E-state index < -0.39 is 257 Å². The van der Waals surface area contributed by atoms with E-state index in [2.05, 4.69) is 33.8 Å². The highest BCUT2D eigenvalue weighted by atomic mass is 16.8. The van der Waals surface area contributed by atoms with Crippen LogP contribution in [0.1, 0.15) is 114 Å². The summed E-state index contributed by atoms with van der Waals surface area (Å²) in [6, 6.07) is 0. The Balaban J connectivity index is 0.829. The molecule has 0 aromatic heterocycles. The van der Waals surface area contributed by atoms with E-state index in [0.717, 1.165) is 18.4 Å². The Morgan fingerprint density at radius 1 is 0.485 bits per heavy atom. The molecule has 0 spiro atoms. The van der Waals surface area contributed by atoms with E-state index in [4.69, 9.17) is 56.8 Å². The number of allylic oxidation sites excluding steroid dienone is 1. The van der Waals surface area contributed by atoms with Gasteiger partial charge in [0, 0.05) is 10.8 Å². The molecule has 40 atom stereocenters. The first-order chi connectivity index (χ1) is 46.3. The molecule has 99 heavy (non-hydrogen) atoms. The van der Waals surface area contributed by atoms with Crippen molar-refractivity contribution in [1.82, 2.24) is 0 Å². The van der Waals surface area contributed by atoms with Gasteiger partial charge in [-0.1, -0.05) is 53.2 Å². The maximum Gasteiger partial charge on any atom is 0.187 e. The number of rotatable bonds is 22. The third-order valence-electron chi connectivity index (χ3n) is 25.0. The van der Waals surface area contributed by atoms with Crippen LogP contribution < -0.4 is 0 Å². The van der Waals surface area contributed by atoms with Crippen molar-refractivity contribution < 1.29 is 164 Å². The van der Waals surface area contributed by atoms with Gasteiger partial charge in [-0.3, -0.25) is 0 Å². The quantitative estimate of drug-likeness (QED) is 0.0448. The lowest BCUT2D eigenvalue weighted by Crippen LogP contribution is -2.66. The zero-order valence-corrected chi connectivity index (χ0v) is 57.4. The van der Waals surface area contributed by atoms with Crippen LogP contribution in [0.15, 0.2) is 11.6 Å². The van der Waals surface area contributed by atoms with Crippen molar-refractivity contribution in [3.63, 3.8) is 0 Å². The molecule has 33 heteroatoms. The van der Waals surface area contributed by atoms with Crippen molar-refractivity contribution >= 4 is 0 Å². The first kappa shape index (κ1) is 80.0. The van der Waals surface area contributed by atoms with Gasteiger partial charge in [0.2, 0.25) is 0 Å². The summed E-state index contributed by atoms with van der Waals surface area (Å²) in [5, 5.41) is 229. The molecular formula is C66H112O33. The third-order valence-corrected chi connectivity index (χ3v) is 25.0. The maximum absolute atomic E-state index is 13.0. The van der Waals surface area contributed by atoms with E-state index in [-0.39, 0.29) is 35.5 Å². The minimum atomic E-state index is -1.98. The molecule has 10 rings (SSSR count). The van der Waals surface area contributed by atoms with Crippen molar-refractivity contribution in [1.29, 1.82) is 0 Å². The normalized spacial score (nSPS) is 52.5. The summed E-state index contributed by atoms with van der Waals surface area (Å²) in [4.78, 5) is 0. The number of hydrogen-bond donors (Lipinski definition) is 21. The zero-order valence-electron chi connectivity index (χ0n) is 57.4. The molecule has 21 N–H and O–H groups in total. The number of aliphatic hydroxyl groups excluding tert-OH is 20. The molecule has 4 aliphatic carbocycles. The lowest BCUT2D eigenvalue weighted by atomic mass is 9.38. The van der Waals surface area contributed by atoms with Gasteiger partial charge in [0.15, 0.2) is 37.7 Å². The van der Waals surface area contributed by atoms with Gasteiger partial charge >= 0.3 is 0 Å². The largest absolute Gasteiger partial charge is 0.394 e. The zero-order chi connectivity index (χ0) is 72.8. The van der Waals surface area contributed by atoms with Crippen LogP contribution in [0.5, 0.6) is 0 Å². The Morgan fingerprint density at radius 2 is 0.919 bits per heavy atom. The smallest absolute Gasteiger partial charge is 0.187 e. The van der Waals surface area contributed by atoms with E-state index in [1.807, 2.05) is 13.8 Å². The average molecular weight is 1430 g/mol. The second-order valence-electron chi connectivity index (χ2n) is 31.5. The summed E-state index contributed by atoms with van der Waals surface area (Å²) in [5.74, 6) is -0.219. The summed E-state index contributed by atoms with van der Waals surface area (Å²) < 4.78 is 71.8. The molecule has 6 aliphatic heterocycles. The first-order valence-electron chi connectivity index (χ1n) is 34.9. The van der Waals surface area contributed by atoms with Gasteiger partial charge in [0.25, 0.3) is 0 Å². The number of hydrogen-bond acceptors (Lipinski definition) is 33. The molecule has 6 heterocycles. The van der Waals surface area contributed by atoms with Crippen molar-refractivity contribution in [2.45, 2.75) is 322 Å². The Labute approximate surface area is 574 Å². The van der Waals surface area contributed by atoms with Crippen LogP contribution >= 0.6 is 0 Å². The standard InChI is InChI=1S/C66H112O33/c1-24(10-14-37(63(5,6)87)97-61-55(98-58-52(85)46(79)40(73)30(20-68)92-58)49(82)43(76)33(95-61)23-89-57-51(84)45(78)39(72)29(19-67)91-57)26-16-17-64(7)34-13-11-27-28(66(34,9)35(70)18-65(26,64)8)12-15-36(62(27,3)4)96-60-54(48(81)41(74)31(21-69)93-60)99-59-53(86)47(80)42(75)32(94-59)22-88-56-50(83)44(77)38(71)25(2)90-56/h11,24-26,28-61,67-87H,10,12-23H2,1-9H3/t24-,25-,26?,28?,29-,30+,31-,32+,33-,34?,35-,36+,37-,38-,39-,40+,41-,42+,43-,44+,45+,46-,47-,48+,49+,50-,51-,52+,53+,54-,55-,56-,57-,58-,59-,60+,61+,64+,65-,66+/m1/s1. The minimum Gasteiger partial charge on any atom is -0.394 e. The van der Waals surface area contributed by atoms with Crippen LogP contribution in [0.2, 0.25) is 0 Å². The van der Waals surface area contributed by atoms with Gasteiger partial charge in [-0.2, -0.15) is 0 Å². The molecule has 10 aliphatic rings. The van der Waals surface area contributed by atoms with Gasteiger partial charge in [0.1, 0.15) is 140 Å². The van der Waals surface area contributed by atoms with Crippen molar-refractivity contribution in [3.8, 4) is 0 Å². The molecule has 33 nitrogen and oxygen atoms in total. The van der Waals surface area contributed by atoms with Crippen molar-refractivity contribution in [2.24, 2.45) is 45.3 Å². The summed E-state index contributed by atoms with van der Waals surface area (Å²) in [5.41, 5.74) is -2.84. The first-order valence-corrected chi connectivity index (χ1v) is 34.9.